The van der Waals surface area contributed by atoms with Gasteiger partial charge in [0.2, 0.25) is 11.4 Å². The number of carbonyl (C=O) groups is 2. The second-order valence-corrected chi connectivity index (χ2v) is 7.19. The first-order valence-corrected chi connectivity index (χ1v) is 9.51. The zero-order valence-electron chi connectivity index (χ0n) is 17.1. The Hall–Kier alpha value is -2.45. The maximum absolute atomic E-state index is 14.0. The van der Waals surface area contributed by atoms with Crippen LogP contribution in [0, 0.1) is 17.7 Å². The van der Waals surface area contributed by atoms with Crippen molar-refractivity contribution in [3.63, 3.8) is 0 Å². The number of alkyl halides is 6. The first-order chi connectivity index (χ1) is 15.0. The van der Waals surface area contributed by atoms with E-state index in [1.807, 2.05) is 0 Å². The van der Waals surface area contributed by atoms with Gasteiger partial charge in [-0.05, 0) is 31.5 Å². The number of carbonyl (C=O) groups excluding carboxylic acids is 2. The Morgan fingerprint density at radius 1 is 0.879 bits per heavy atom. The topological polar surface area (TPSA) is 105 Å². The fourth-order valence-electron chi connectivity index (χ4n) is 3.82. The minimum atomic E-state index is -5.98. The highest BCUT2D eigenvalue weighted by Gasteiger charge is 2.78. The molecule has 14 heteroatoms. The summed E-state index contributed by atoms with van der Waals surface area (Å²) in [6, 6.07) is 2.75. The van der Waals surface area contributed by atoms with Crippen molar-refractivity contribution in [1.82, 2.24) is 5.32 Å². The van der Waals surface area contributed by atoms with E-state index in [0.717, 1.165) is 12.1 Å². The van der Waals surface area contributed by atoms with Gasteiger partial charge in [-0.1, -0.05) is 12.1 Å². The zero-order chi connectivity index (χ0) is 25.4. The van der Waals surface area contributed by atoms with Gasteiger partial charge in [0.15, 0.2) is 0 Å². The molecule has 0 saturated carbocycles. The van der Waals surface area contributed by atoms with Crippen LogP contribution in [0.5, 0.6) is 0 Å². The van der Waals surface area contributed by atoms with Gasteiger partial charge in [-0.15, -0.1) is 0 Å². The molecule has 1 aromatic carbocycles. The molecule has 0 spiro atoms. The molecule has 0 aliphatic carbocycles. The maximum atomic E-state index is 14.0. The Balaban J connectivity index is 2.95. The zero-order valence-corrected chi connectivity index (χ0v) is 17.1. The number of rotatable bonds is 5. The molecule has 7 nitrogen and oxygen atoms in total. The average Bonchev–Trinajstić information content (AvgIpc) is 2.66. The molecular formula is C19H20F7NO6. The van der Waals surface area contributed by atoms with Crippen LogP contribution >= 0.6 is 0 Å². The van der Waals surface area contributed by atoms with E-state index in [0.29, 0.717) is 17.4 Å². The SMILES string of the molecule is CCOC(=O)[C@@H]1C(c2ccc(F)cc2)[C@H](C(=O)OCC)[C@](O)(C(F)(F)F)N[C@]1(O)C(F)(F)F. The third-order valence-electron chi connectivity index (χ3n) is 5.20. The fraction of sp³-hybridized carbons (Fsp3) is 0.579. The summed E-state index contributed by atoms with van der Waals surface area (Å²) in [7, 11) is 0. The smallest absolute Gasteiger partial charge is 0.432 e. The molecule has 3 N–H and O–H groups in total. The minimum Gasteiger partial charge on any atom is -0.466 e. The average molecular weight is 491 g/mol. The van der Waals surface area contributed by atoms with Gasteiger partial charge < -0.3 is 19.7 Å². The second kappa shape index (κ2) is 9.06. The number of hydrogen-bond donors (Lipinski definition) is 3. The number of esters is 2. The Bertz CT molecular complexity index is 827. The van der Waals surface area contributed by atoms with Crippen LogP contribution in [0.25, 0.3) is 0 Å². The van der Waals surface area contributed by atoms with Crippen LogP contribution in [0.15, 0.2) is 24.3 Å². The van der Waals surface area contributed by atoms with Gasteiger partial charge in [0.1, 0.15) is 17.7 Å². The van der Waals surface area contributed by atoms with Crippen LogP contribution in [0.3, 0.4) is 0 Å². The monoisotopic (exact) mass is 491 g/mol. The van der Waals surface area contributed by atoms with Gasteiger partial charge in [-0.2, -0.15) is 26.3 Å². The molecule has 0 bridgehead atoms. The second-order valence-electron chi connectivity index (χ2n) is 7.19. The van der Waals surface area contributed by atoms with E-state index in [2.05, 4.69) is 9.47 Å². The summed E-state index contributed by atoms with van der Waals surface area (Å²) in [4.78, 5) is 25.2. The van der Waals surface area contributed by atoms with Crippen LogP contribution in [-0.2, 0) is 19.1 Å². The summed E-state index contributed by atoms with van der Waals surface area (Å²) in [6.45, 7) is 1.30. The van der Waals surface area contributed by atoms with E-state index in [4.69, 9.17) is 0 Å². The largest absolute Gasteiger partial charge is 0.466 e. The van der Waals surface area contributed by atoms with Crippen molar-refractivity contribution >= 4 is 11.9 Å². The number of ether oxygens (including phenoxy) is 2. The van der Waals surface area contributed by atoms with Gasteiger partial charge in [0.05, 0.1) is 13.2 Å². The lowest BCUT2D eigenvalue weighted by Crippen LogP contribution is -2.81. The van der Waals surface area contributed by atoms with Crippen molar-refractivity contribution in [2.75, 3.05) is 13.2 Å². The summed E-state index contributed by atoms with van der Waals surface area (Å²) in [5.41, 5.74) is -10.0. The Morgan fingerprint density at radius 3 is 1.55 bits per heavy atom. The molecule has 186 valence electrons. The molecule has 33 heavy (non-hydrogen) atoms. The summed E-state index contributed by atoms with van der Waals surface area (Å²) in [6.07, 6.45) is -12.0. The maximum Gasteiger partial charge on any atom is 0.432 e. The van der Waals surface area contributed by atoms with Crippen molar-refractivity contribution in [3.05, 3.63) is 35.6 Å². The van der Waals surface area contributed by atoms with E-state index in [-0.39, 0.29) is 0 Å². The van der Waals surface area contributed by atoms with E-state index in [1.54, 1.807) is 0 Å². The minimum absolute atomic E-state index is 0.535. The molecule has 1 aromatic rings. The Labute approximate surface area is 182 Å². The summed E-state index contributed by atoms with van der Waals surface area (Å²) in [5.74, 6) is -13.0. The third-order valence-corrected chi connectivity index (χ3v) is 5.20. The number of piperidine rings is 1. The molecule has 1 aliphatic heterocycles. The predicted octanol–water partition coefficient (Wildman–Crippen LogP) is 2.37. The standard InChI is InChI=1S/C19H20F7NO6/c1-3-32-14(28)12-11(9-5-7-10(20)8-6-9)13(15(29)33-4-2)17(31,19(24,25)26)27-16(12,30)18(21,22)23/h5-8,11-13,27,30-31H,3-4H2,1-2H3/t11?,12-,13+,16+,17-. The quantitative estimate of drug-likeness (QED) is 0.429. The van der Waals surface area contributed by atoms with Gasteiger partial charge in [-0.25, -0.2) is 9.71 Å². The predicted molar refractivity (Wildman–Crippen MR) is 94.5 cm³/mol. The lowest BCUT2D eigenvalue weighted by atomic mass is 9.64. The number of aliphatic hydroxyl groups is 2. The van der Waals surface area contributed by atoms with Crippen molar-refractivity contribution in [3.8, 4) is 0 Å². The highest BCUT2D eigenvalue weighted by molar-refractivity contribution is 5.81. The lowest BCUT2D eigenvalue weighted by Gasteiger charge is -2.54. The van der Waals surface area contributed by atoms with Crippen LogP contribution in [0.1, 0.15) is 25.3 Å². The first-order valence-electron chi connectivity index (χ1n) is 9.51. The van der Waals surface area contributed by atoms with Gasteiger partial charge in [0, 0.05) is 5.92 Å². The number of benzene rings is 1. The number of nitrogens with one attached hydrogen (secondary N) is 1. The molecule has 1 fully saturated rings. The van der Waals surface area contributed by atoms with Gasteiger partial charge in [-0.3, -0.25) is 9.59 Å². The summed E-state index contributed by atoms with van der Waals surface area (Å²) in [5, 5.41) is 21.6. The molecule has 1 unspecified atom stereocenters. The van der Waals surface area contributed by atoms with Crippen molar-refractivity contribution < 1.29 is 60.0 Å². The van der Waals surface area contributed by atoms with Crippen LogP contribution in [0.4, 0.5) is 30.7 Å². The van der Waals surface area contributed by atoms with E-state index >= 15 is 0 Å². The van der Waals surface area contributed by atoms with Crippen molar-refractivity contribution in [1.29, 1.82) is 0 Å². The molecule has 1 saturated heterocycles. The van der Waals surface area contributed by atoms with Crippen molar-refractivity contribution in [2.45, 2.75) is 43.6 Å². The molecule has 0 aromatic heterocycles. The number of hydrogen-bond acceptors (Lipinski definition) is 7. The van der Waals surface area contributed by atoms with Crippen LogP contribution < -0.4 is 5.32 Å². The fourth-order valence-corrected chi connectivity index (χ4v) is 3.82. The van der Waals surface area contributed by atoms with E-state index in [1.165, 1.54) is 13.8 Å². The molecule has 2 rings (SSSR count). The molecule has 1 heterocycles. The van der Waals surface area contributed by atoms with Crippen LogP contribution in [-0.4, -0.2) is 59.2 Å². The lowest BCUT2D eigenvalue weighted by molar-refractivity contribution is -0.376. The summed E-state index contributed by atoms with van der Waals surface area (Å²) >= 11 is 0. The Morgan fingerprint density at radius 2 is 1.24 bits per heavy atom. The highest BCUT2D eigenvalue weighted by atomic mass is 19.4. The first kappa shape index (κ1) is 26.8. The highest BCUT2D eigenvalue weighted by Crippen LogP contribution is 2.55. The summed E-state index contributed by atoms with van der Waals surface area (Å²) < 4.78 is 106. The van der Waals surface area contributed by atoms with E-state index < -0.39 is 78.1 Å². The Kier molecular flexibility index (Phi) is 7.36. The van der Waals surface area contributed by atoms with E-state index in [9.17, 15) is 50.5 Å². The normalized spacial score (nSPS) is 30.6. The molecular weight excluding hydrogens is 471 g/mol. The van der Waals surface area contributed by atoms with Crippen LogP contribution in [0.2, 0.25) is 0 Å². The molecule has 0 radical (unpaired) electrons. The third kappa shape index (κ3) is 4.64. The van der Waals surface area contributed by atoms with Gasteiger partial charge >= 0.3 is 24.3 Å². The van der Waals surface area contributed by atoms with Gasteiger partial charge in [0.25, 0.3) is 0 Å². The number of halogens is 7. The van der Waals surface area contributed by atoms with Crippen molar-refractivity contribution in [2.24, 2.45) is 11.8 Å². The molecule has 5 atom stereocenters. The molecule has 1 aliphatic rings. The molecule has 0 amide bonds.